The first-order chi connectivity index (χ1) is 32.1. The summed E-state index contributed by atoms with van der Waals surface area (Å²) in [7, 11) is 0. The average molecular weight is 853 g/mol. The molecule has 0 unspecified atom stereocenters. The molecule has 0 spiro atoms. The third kappa shape index (κ3) is 13.8. The van der Waals surface area contributed by atoms with E-state index >= 15 is 0 Å². The van der Waals surface area contributed by atoms with Crippen LogP contribution < -0.4 is 18.9 Å². The highest BCUT2D eigenvalue weighted by Crippen LogP contribution is 2.28. The molecule has 8 aromatic rings. The SMILES string of the molecule is C(=C\c1ccc(OCC(COc2ccc(/C=C/c3ccncc3)cc2)(COc2ccc(/C=C/c3ccncc3)cc2)COc2ccc(/C=C/c3ccncc3)cc2)cc1)/c1ccncc1. The maximum absolute atomic E-state index is 6.62. The Balaban J connectivity index is 1.03. The first-order valence-electron chi connectivity index (χ1n) is 21.4. The minimum absolute atomic E-state index is 0.242. The molecule has 65 heavy (non-hydrogen) atoms. The Labute approximate surface area is 380 Å². The number of ether oxygens (including phenoxy) is 4. The van der Waals surface area contributed by atoms with Crippen molar-refractivity contribution in [2.45, 2.75) is 0 Å². The average Bonchev–Trinajstić information content (AvgIpc) is 3.38. The van der Waals surface area contributed by atoms with Gasteiger partial charge in [0.15, 0.2) is 0 Å². The predicted molar refractivity (Wildman–Crippen MR) is 263 cm³/mol. The minimum atomic E-state index is -0.778. The largest absolute Gasteiger partial charge is 0.493 e. The number of pyridine rings is 4. The second kappa shape index (κ2) is 22.6. The molecule has 4 heterocycles. The Morgan fingerprint density at radius 1 is 0.246 bits per heavy atom. The van der Waals surface area contributed by atoms with Gasteiger partial charge in [-0.05, 0) is 142 Å². The molecule has 0 N–H and O–H groups in total. The Bertz CT molecular complexity index is 2370. The van der Waals surface area contributed by atoms with Gasteiger partial charge in [-0.15, -0.1) is 0 Å². The van der Waals surface area contributed by atoms with Crippen LogP contribution in [0, 0.1) is 5.41 Å². The van der Waals surface area contributed by atoms with E-state index in [1.165, 1.54) is 0 Å². The normalized spacial score (nSPS) is 11.7. The zero-order valence-electron chi connectivity index (χ0n) is 35.8. The third-order valence-electron chi connectivity index (χ3n) is 10.4. The lowest BCUT2D eigenvalue weighted by Crippen LogP contribution is -2.45. The molecule has 8 heteroatoms. The van der Waals surface area contributed by atoms with Gasteiger partial charge < -0.3 is 18.9 Å². The first-order valence-corrected chi connectivity index (χ1v) is 21.4. The van der Waals surface area contributed by atoms with Crippen LogP contribution in [0.15, 0.2) is 195 Å². The summed E-state index contributed by atoms with van der Waals surface area (Å²) >= 11 is 0. The van der Waals surface area contributed by atoms with Crippen molar-refractivity contribution in [3.8, 4) is 23.0 Å². The number of hydrogen-bond acceptors (Lipinski definition) is 8. The zero-order chi connectivity index (χ0) is 44.2. The Hall–Kier alpha value is -8.36. The van der Waals surface area contributed by atoms with E-state index in [2.05, 4.69) is 68.5 Å². The van der Waals surface area contributed by atoms with E-state index in [1.54, 1.807) is 49.6 Å². The number of hydrogen-bond donors (Lipinski definition) is 0. The van der Waals surface area contributed by atoms with Crippen LogP contribution in [0.1, 0.15) is 44.5 Å². The van der Waals surface area contributed by atoms with Gasteiger partial charge in [0, 0.05) is 49.6 Å². The summed E-state index contributed by atoms with van der Waals surface area (Å²) in [6.07, 6.45) is 30.8. The number of rotatable bonds is 20. The van der Waals surface area contributed by atoms with Crippen molar-refractivity contribution in [3.05, 3.63) is 240 Å². The second-order valence-electron chi connectivity index (χ2n) is 15.4. The fraction of sp³-hybridized carbons (Fsp3) is 0.0877. The van der Waals surface area contributed by atoms with Crippen molar-refractivity contribution in [2.75, 3.05) is 26.4 Å². The smallest absolute Gasteiger partial charge is 0.119 e. The minimum Gasteiger partial charge on any atom is -0.493 e. The van der Waals surface area contributed by atoms with Gasteiger partial charge in [0.1, 0.15) is 54.8 Å². The molecule has 0 aliphatic heterocycles. The number of nitrogens with zero attached hydrogens (tertiary/aromatic N) is 4. The molecule has 0 fully saturated rings. The molecule has 0 amide bonds. The fourth-order valence-corrected chi connectivity index (χ4v) is 6.56. The zero-order valence-corrected chi connectivity index (χ0v) is 35.8. The highest BCUT2D eigenvalue weighted by molar-refractivity contribution is 5.72. The Morgan fingerprint density at radius 3 is 0.600 bits per heavy atom. The van der Waals surface area contributed by atoms with E-state index in [0.717, 1.165) is 67.5 Å². The van der Waals surface area contributed by atoms with Crippen LogP contribution in [0.3, 0.4) is 0 Å². The predicted octanol–water partition coefficient (Wildman–Crippen LogP) is 12.6. The van der Waals surface area contributed by atoms with Crippen molar-refractivity contribution >= 4 is 48.6 Å². The maximum atomic E-state index is 6.62. The lowest BCUT2D eigenvalue weighted by Gasteiger charge is -2.33. The number of aromatic nitrogens is 4. The highest BCUT2D eigenvalue weighted by atomic mass is 16.5. The van der Waals surface area contributed by atoms with Crippen LogP contribution in [0.2, 0.25) is 0 Å². The van der Waals surface area contributed by atoms with Crippen LogP contribution in [-0.4, -0.2) is 46.4 Å². The van der Waals surface area contributed by atoms with Crippen molar-refractivity contribution in [1.82, 2.24) is 19.9 Å². The molecular formula is C57H48N4O4. The molecule has 0 saturated heterocycles. The molecular weight excluding hydrogens is 805 g/mol. The molecule has 8 rings (SSSR count). The van der Waals surface area contributed by atoms with E-state index in [0.29, 0.717) is 0 Å². The Morgan fingerprint density at radius 2 is 0.415 bits per heavy atom. The fourth-order valence-electron chi connectivity index (χ4n) is 6.56. The molecule has 0 bridgehead atoms. The van der Waals surface area contributed by atoms with Crippen LogP contribution in [0.5, 0.6) is 23.0 Å². The summed E-state index contributed by atoms with van der Waals surface area (Å²) in [5, 5.41) is 0. The molecule has 0 aliphatic carbocycles. The van der Waals surface area contributed by atoms with Gasteiger partial charge in [-0.25, -0.2) is 0 Å². The Kier molecular flexibility index (Phi) is 15.1. The van der Waals surface area contributed by atoms with Gasteiger partial charge in [0.25, 0.3) is 0 Å². The number of benzene rings is 4. The van der Waals surface area contributed by atoms with Gasteiger partial charge in [-0.3, -0.25) is 19.9 Å². The van der Waals surface area contributed by atoms with Crippen LogP contribution in [0.25, 0.3) is 48.6 Å². The standard InChI is InChI=1S/C57H48N4O4/c1(5-49-25-33-58-34-26-49)45-9-17-53(18-10-45)62-41-57(42-63-54-19-11-46(12-20-54)2-6-50-27-35-59-36-28-50,43-64-55-21-13-47(14-22-55)3-7-51-29-37-60-38-30-51)44-65-56-23-15-48(16-24-56)4-8-52-31-39-61-40-32-52/h1-40H,41-44H2/b5-1+,6-2+,7-3+,8-4+. The maximum Gasteiger partial charge on any atom is 0.119 e. The van der Waals surface area contributed by atoms with Crippen LogP contribution in [-0.2, 0) is 0 Å². The topological polar surface area (TPSA) is 88.5 Å². The highest BCUT2D eigenvalue weighted by Gasteiger charge is 2.36. The summed E-state index contributed by atoms with van der Waals surface area (Å²) < 4.78 is 26.5. The lowest BCUT2D eigenvalue weighted by molar-refractivity contribution is -0.00352. The monoisotopic (exact) mass is 852 g/mol. The van der Waals surface area contributed by atoms with Crippen molar-refractivity contribution in [1.29, 1.82) is 0 Å². The molecule has 0 aliphatic rings. The quantitative estimate of drug-likeness (QED) is 0.0749. The van der Waals surface area contributed by atoms with Crippen molar-refractivity contribution in [3.63, 3.8) is 0 Å². The molecule has 4 aromatic heterocycles. The second-order valence-corrected chi connectivity index (χ2v) is 15.4. The van der Waals surface area contributed by atoms with E-state index in [4.69, 9.17) is 18.9 Å². The van der Waals surface area contributed by atoms with Gasteiger partial charge in [0.05, 0.1) is 0 Å². The van der Waals surface area contributed by atoms with E-state index in [1.807, 2.05) is 146 Å². The van der Waals surface area contributed by atoms with Gasteiger partial charge >= 0.3 is 0 Å². The van der Waals surface area contributed by atoms with Crippen LogP contribution in [0.4, 0.5) is 0 Å². The molecule has 4 aromatic carbocycles. The first kappa shape index (κ1) is 43.3. The lowest BCUT2D eigenvalue weighted by atomic mass is 9.92. The summed E-state index contributed by atoms with van der Waals surface area (Å²) in [4.78, 5) is 16.5. The van der Waals surface area contributed by atoms with Gasteiger partial charge in [-0.1, -0.05) is 97.1 Å². The molecule has 0 radical (unpaired) electrons. The van der Waals surface area contributed by atoms with Crippen molar-refractivity contribution in [2.24, 2.45) is 5.41 Å². The molecule has 0 atom stereocenters. The van der Waals surface area contributed by atoms with Gasteiger partial charge in [0.2, 0.25) is 0 Å². The summed E-state index contributed by atoms with van der Waals surface area (Å²) in [5.41, 5.74) is 7.73. The summed E-state index contributed by atoms with van der Waals surface area (Å²) in [6.45, 7) is 0.966. The van der Waals surface area contributed by atoms with Gasteiger partial charge in [-0.2, -0.15) is 0 Å². The van der Waals surface area contributed by atoms with E-state index in [-0.39, 0.29) is 26.4 Å². The van der Waals surface area contributed by atoms with Crippen molar-refractivity contribution < 1.29 is 18.9 Å². The van der Waals surface area contributed by atoms with E-state index in [9.17, 15) is 0 Å². The summed E-state index contributed by atoms with van der Waals surface area (Å²) in [6, 6.07) is 47.9. The summed E-state index contributed by atoms with van der Waals surface area (Å²) in [5.74, 6) is 2.88. The molecule has 0 saturated carbocycles. The molecule has 8 nitrogen and oxygen atoms in total. The molecule has 320 valence electrons. The third-order valence-corrected chi connectivity index (χ3v) is 10.4. The van der Waals surface area contributed by atoms with E-state index < -0.39 is 5.41 Å². The van der Waals surface area contributed by atoms with Crippen LogP contribution >= 0.6 is 0 Å².